The van der Waals surface area contributed by atoms with Crippen molar-refractivity contribution in [1.82, 2.24) is 0 Å². The number of oxime groups is 2. The van der Waals surface area contributed by atoms with Crippen LogP contribution in [0.4, 0.5) is 0 Å². The highest BCUT2D eigenvalue weighted by atomic mass is 35.5. The molecule has 0 bridgehead atoms. The molecule has 0 radical (unpaired) electrons. The van der Waals surface area contributed by atoms with Crippen molar-refractivity contribution >= 4 is 23.5 Å². The van der Waals surface area contributed by atoms with Crippen LogP contribution in [0.15, 0.2) is 10.3 Å². The van der Waals surface area contributed by atoms with E-state index >= 15 is 0 Å². The Morgan fingerprint density at radius 2 is 2.25 bits per heavy atom. The van der Waals surface area contributed by atoms with Crippen LogP contribution in [-0.4, -0.2) is 28.2 Å². The van der Waals surface area contributed by atoms with Gasteiger partial charge in [0.25, 0.3) is 0 Å². The second kappa shape index (κ2) is 4.39. The molecule has 0 aliphatic carbocycles. The van der Waals surface area contributed by atoms with Gasteiger partial charge in [0.1, 0.15) is 5.71 Å². The number of alkyl halides is 1. The molecular formula is C3H5ClN2O2. The Morgan fingerprint density at radius 1 is 1.62 bits per heavy atom. The molecule has 0 amide bonds. The van der Waals surface area contributed by atoms with E-state index in [1.165, 1.54) is 0 Å². The van der Waals surface area contributed by atoms with Gasteiger partial charge in [-0.05, 0) is 0 Å². The largest absolute Gasteiger partial charge is 0.411 e. The average Bonchev–Trinajstić information content (AvgIpc) is 1.83. The summed E-state index contributed by atoms with van der Waals surface area (Å²) in [5, 5.41) is 21.0. The summed E-state index contributed by atoms with van der Waals surface area (Å²) in [5.74, 6) is 0.0283. The first-order valence-electron chi connectivity index (χ1n) is 1.79. The molecule has 0 heterocycles. The zero-order chi connectivity index (χ0) is 6.41. The van der Waals surface area contributed by atoms with Crippen molar-refractivity contribution in [2.24, 2.45) is 10.3 Å². The monoisotopic (exact) mass is 136 g/mol. The summed E-state index contributed by atoms with van der Waals surface area (Å²) in [6.45, 7) is 0. The fraction of sp³-hybridized carbons (Fsp3) is 0.333. The molecule has 0 aromatic heterocycles. The van der Waals surface area contributed by atoms with Gasteiger partial charge in [-0.15, -0.1) is 11.6 Å². The Balaban J connectivity index is 3.72. The molecule has 0 rings (SSSR count). The first-order chi connectivity index (χ1) is 3.85. The zero-order valence-electron chi connectivity index (χ0n) is 3.95. The van der Waals surface area contributed by atoms with Crippen LogP contribution < -0.4 is 0 Å². The van der Waals surface area contributed by atoms with E-state index in [4.69, 9.17) is 22.0 Å². The number of rotatable bonds is 2. The van der Waals surface area contributed by atoms with E-state index in [2.05, 4.69) is 10.3 Å². The van der Waals surface area contributed by atoms with Gasteiger partial charge in [-0.3, -0.25) is 0 Å². The standard InChI is InChI=1S/C3H5ClN2O2/c4-1-3(6-8)2-5-7/h2,7-8H,1H2. The molecule has 0 saturated carbocycles. The first-order valence-corrected chi connectivity index (χ1v) is 2.33. The molecule has 2 N–H and O–H groups in total. The van der Waals surface area contributed by atoms with Crippen LogP contribution in [0.3, 0.4) is 0 Å². The molecule has 0 saturated heterocycles. The van der Waals surface area contributed by atoms with Crippen LogP contribution >= 0.6 is 11.6 Å². The van der Waals surface area contributed by atoms with Crippen LogP contribution in [0.2, 0.25) is 0 Å². The maximum atomic E-state index is 7.96. The molecule has 0 unspecified atom stereocenters. The molecule has 5 heteroatoms. The van der Waals surface area contributed by atoms with Crippen molar-refractivity contribution in [3.05, 3.63) is 0 Å². The van der Waals surface area contributed by atoms with Gasteiger partial charge in [-0.25, -0.2) is 0 Å². The summed E-state index contributed by atoms with van der Waals surface area (Å²) >= 11 is 5.15. The van der Waals surface area contributed by atoms with Crippen molar-refractivity contribution in [3.8, 4) is 0 Å². The number of halogens is 1. The molecule has 4 nitrogen and oxygen atoms in total. The lowest BCUT2D eigenvalue weighted by atomic mass is 10.5. The van der Waals surface area contributed by atoms with E-state index < -0.39 is 0 Å². The SMILES string of the molecule is ON=CC(CCl)=NO. The van der Waals surface area contributed by atoms with Crippen LogP contribution in [0.5, 0.6) is 0 Å². The maximum absolute atomic E-state index is 7.96. The van der Waals surface area contributed by atoms with Gasteiger partial charge in [0, 0.05) is 0 Å². The fourth-order valence-corrected chi connectivity index (χ4v) is 0.276. The quantitative estimate of drug-likeness (QED) is 0.252. The summed E-state index contributed by atoms with van der Waals surface area (Å²) in [4.78, 5) is 0. The summed E-state index contributed by atoms with van der Waals surface area (Å²) < 4.78 is 0. The smallest absolute Gasteiger partial charge is 0.116 e. The topological polar surface area (TPSA) is 65.2 Å². The summed E-state index contributed by atoms with van der Waals surface area (Å²) in [6, 6.07) is 0. The predicted octanol–water partition coefficient (Wildman–Crippen LogP) is 0.515. The van der Waals surface area contributed by atoms with Crippen molar-refractivity contribution in [3.63, 3.8) is 0 Å². The molecule has 0 aliphatic rings. The van der Waals surface area contributed by atoms with Gasteiger partial charge in [0.2, 0.25) is 0 Å². The molecule has 0 aromatic carbocycles. The van der Waals surface area contributed by atoms with Crippen molar-refractivity contribution < 1.29 is 10.4 Å². The molecule has 0 spiro atoms. The van der Waals surface area contributed by atoms with Crippen molar-refractivity contribution in [2.45, 2.75) is 0 Å². The van der Waals surface area contributed by atoms with Gasteiger partial charge in [0.15, 0.2) is 0 Å². The zero-order valence-corrected chi connectivity index (χ0v) is 4.71. The minimum atomic E-state index is 0.0283. The third-order valence-electron chi connectivity index (χ3n) is 0.472. The molecular weight excluding hydrogens is 131 g/mol. The van der Waals surface area contributed by atoms with Crippen molar-refractivity contribution in [1.29, 1.82) is 0 Å². The third kappa shape index (κ3) is 2.41. The maximum Gasteiger partial charge on any atom is 0.116 e. The van der Waals surface area contributed by atoms with Crippen LogP contribution in [0.25, 0.3) is 0 Å². The van der Waals surface area contributed by atoms with Crippen LogP contribution in [0.1, 0.15) is 0 Å². The summed E-state index contributed by atoms with van der Waals surface area (Å²) in [6.07, 6.45) is 0.951. The van der Waals surface area contributed by atoms with Crippen molar-refractivity contribution in [2.75, 3.05) is 5.88 Å². The first kappa shape index (κ1) is 7.23. The number of nitrogens with zero attached hydrogens (tertiary/aromatic N) is 2. The van der Waals surface area contributed by atoms with Gasteiger partial charge in [0.05, 0.1) is 12.1 Å². The van der Waals surface area contributed by atoms with Crippen LogP contribution in [-0.2, 0) is 0 Å². The van der Waals surface area contributed by atoms with Gasteiger partial charge in [-0.1, -0.05) is 10.3 Å². The molecule has 46 valence electrons. The fourth-order valence-electron chi connectivity index (χ4n) is 0.154. The Morgan fingerprint density at radius 3 is 2.38 bits per heavy atom. The number of hydrogen-bond acceptors (Lipinski definition) is 4. The highest BCUT2D eigenvalue weighted by molar-refractivity contribution is 6.43. The lowest BCUT2D eigenvalue weighted by molar-refractivity contribution is 0.315. The Bertz CT molecular complexity index is 109. The second-order valence-electron chi connectivity index (χ2n) is 0.970. The van der Waals surface area contributed by atoms with E-state index in [1.54, 1.807) is 0 Å². The molecule has 8 heavy (non-hydrogen) atoms. The lowest BCUT2D eigenvalue weighted by Crippen LogP contribution is -2.00. The Hall–Kier alpha value is -0.770. The van der Waals surface area contributed by atoms with Gasteiger partial charge in [-0.2, -0.15) is 0 Å². The molecule has 0 fully saturated rings. The van der Waals surface area contributed by atoms with Gasteiger partial charge >= 0.3 is 0 Å². The summed E-state index contributed by atoms with van der Waals surface area (Å²) in [5.41, 5.74) is 0.120. The van der Waals surface area contributed by atoms with E-state index in [-0.39, 0.29) is 11.6 Å². The molecule has 0 atom stereocenters. The average molecular weight is 137 g/mol. The molecule has 0 aromatic rings. The summed E-state index contributed by atoms with van der Waals surface area (Å²) in [7, 11) is 0. The second-order valence-corrected chi connectivity index (χ2v) is 1.24. The van der Waals surface area contributed by atoms with E-state index in [0.29, 0.717) is 0 Å². The van der Waals surface area contributed by atoms with E-state index in [1.807, 2.05) is 0 Å². The molecule has 0 aliphatic heterocycles. The normalized spacial score (nSPS) is 12.9. The highest BCUT2D eigenvalue weighted by Gasteiger charge is 1.89. The Kier molecular flexibility index (Phi) is 3.97. The Labute approximate surface area is 51.1 Å². The van der Waals surface area contributed by atoms with E-state index in [9.17, 15) is 0 Å². The minimum Gasteiger partial charge on any atom is -0.411 e. The third-order valence-corrected chi connectivity index (χ3v) is 0.746. The highest BCUT2D eigenvalue weighted by Crippen LogP contribution is 1.77. The predicted molar refractivity (Wildman–Crippen MR) is 30.2 cm³/mol. The van der Waals surface area contributed by atoms with Gasteiger partial charge < -0.3 is 10.4 Å². The number of hydrogen-bond donors (Lipinski definition) is 2. The minimum absolute atomic E-state index is 0.0283. The lowest BCUT2D eigenvalue weighted by Gasteiger charge is -1.83. The van der Waals surface area contributed by atoms with E-state index in [0.717, 1.165) is 6.21 Å². The van der Waals surface area contributed by atoms with Crippen LogP contribution in [0, 0.1) is 0 Å².